The van der Waals surface area contributed by atoms with Gasteiger partial charge < -0.3 is 0 Å². The molecule has 0 heterocycles. The Kier molecular flexibility index (Phi) is 2.18. The Bertz CT molecular complexity index is 353. The van der Waals surface area contributed by atoms with Crippen LogP contribution >= 0.6 is 0 Å². The minimum atomic E-state index is 0.0810. The summed E-state index contributed by atoms with van der Waals surface area (Å²) in [4.78, 5) is 11.6. The maximum Gasteiger partial charge on any atom is 0.163 e. The van der Waals surface area contributed by atoms with Crippen LogP contribution in [-0.4, -0.2) is 5.78 Å². The van der Waals surface area contributed by atoms with Crippen molar-refractivity contribution in [2.45, 2.75) is 33.1 Å². The van der Waals surface area contributed by atoms with E-state index < -0.39 is 0 Å². The molecular formula is C13H16O. The van der Waals surface area contributed by atoms with Crippen LogP contribution < -0.4 is 0 Å². The van der Waals surface area contributed by atoms with Gasteiger partial charge in [-0.2, -0.15) is 0 Å². The predicted molar refractivity (Wildman–Crippen MR) is 57.9 cm³/mol. The van der Waals surface area contributed by atoms with Crippen LogP contribution in [0.2, 0.25) is 0 Å². The van der Waals surface area contributed by atoms with Crippen LogP contribution in [0.15, 0.2) is 35.5 Å². The normalized spacial score (nSPS) is 24.9. The van der Waals surface area contributed by atoms with Gasteiger partial charge in [-0.3, -0.25) is 4.79 Å². The van der Waals surface area contributed by atoms with Crippen molar-refractivity contribution in [2.24, 2.45) is 5.41 Å². The summed E-state index contributed by atoms with van der Waals surface area (Å²) in [6.45, 7) is 4.31. The number of rotatable bonds is 0. The summed E-state index contributed by atoms with van der Waals surface area (Å²) in [6.07, 6.45) is 11.2. The zero-order valence-electron chi connectivity index (χ0n) is 8.84. The van der Waals surface area contributed by atoms with E-state index in [2.05, 4.69) is 32.1 Å². The van der Waals surface area contributed by atoms with E-state index in [9.17, 15) is 4.79 Å². The smallest absolute Gasteiger partial charge is 0.163 e. The van der Waals surface area contributed by atoms with Crippen molar-refractivity contribution >= 4 is 5.78 Å². The van der Waals surface area contributed by atoms with Crippen LogP contribution in [0.4, 0.5) is 0 Å². The average Bonchev–Trinajstić information content (AvgIpc) is 2.27. The SMILES string of the molecule is CC1(C)C=CC2=C(C=C1)C(=O)CCC2. The number of hydrogen-bond acceptors (Lipinski definition) is 1. The highest BCUT2D eigenvalue weighted by Crippen LogP contribution is 2.31. The van der Waals surface area contributed by atoms with E-state index in [0.717, 1.165) is 24.8 Å². The lowest BCUT2D eigenvalue weighted by Gasteiger charge is -2.13. The molecule has 0 radical (unpaired) electrons. The Morgan fingerprint density at radius 1 is 1.14 bits per heavy atom. The zero-order chi connectivity index (χ0) is 10.2. The molecule has 1 nitrogen and oxygen atoms in total. The van der Waals surface area contributed by atoms with Gasteiger partial charge in [-0.15, -0.1) is 0 Å². The number of ketones is 1. The highest BCUT2D eigenvalue weighted by atomic mass is 16.1. The van der Waals surface area contributed by atoms with E-state index >= 15 is 0 Å². The molecule has 2 rings (SSSR count). The summed E-state index contributed by atoms with van der Waals surface area (Å²) in [5, 5.41) is 0. The topological polar surface area (TPSA) is 17.1 Å². The van der Waals surface area contributed by atoms with Gasteiger partial charge in [0.05, 0.1) is 0 Å². The van der Waals surface area contributed by atoms with Gasteiger partial charge in [-0.1, -0.05) is 38.2 Å². The number of carbonyl (C=O) groups excluding carboxylic acids is 1. The lowest BCUT2D eigenvalue weighted by Crippen LogP contribution is -2.08. The second kappa shape index (κ2) is 3.23. The average molecular weight is 188 g/mol. The first-order valence-corrected chi connectivity index (χ1v) is 5.23. The van der Waals surface area contributed by atoms with Crippen LogP contribution in [0.25, 0.3) is 0 Å². The van der Waals surface area contributed by atoms with Crippen molar-refractivity contribution < 1.29 is 4.79 Å². The first-order chi connectivity index (χ1) is 6.58. The Morgan fingerprint density at radius 3 is 2.64 bits per heavy atom. The molecule has 0 N–H and O–H groups in total. The third-order valence-electron chi connectivity index (χ3n) is 2.89. The minimum absolute atomic E-state index is 0.0810. The molecule has 0 fully saturated rings. The molecule has 0 aliphatic heterocycles. The predicted octanol–water partition coefficient (Wildman–Crippen LogP) is 3.19. The maximum atomic E-state index is 11.6. The van der Waals surface area contributed by atoms with Gasteiger partial charge in [-0.05, 0) is 18.4 Å². The third kappa shape index (κ3) is 1.72. The quantitative estimate of drug-likeness (QED) is 0.570. The van der Waals surface area contributed by atoms with Crippen LogP contribution in [-0.2, 0) is 4.79 Å². The third-order valence-corrected chi connectivity index (χ3v) is 2.89. The summed E-state index contributed by atoms with van der Waals surface area (Å²) < 4.78 is 0. The van der Waals surface area contributed by atoms with Gasteiger partial charge in [0.15, 0.2) is 5.78 Å². The molecule has 0 amide bonds. The monoisotopic (exact) mass is 188 g/mol. The zero-order valence-corrected chi connectivity index (χ0v) is 8.84. The standard InChI is InChI=1S/C13H16O/c1-13(2)8-6-10-4-3-5-12(14)11(10)7-9-13/h6-9H,3-5H2,1-2H3. The van der Waals surface area contributed by atoms with Gasteiger partial charge in [-0.25, -0.2) is 0 Å². The molecule has 2 aliphatic carbocycles. The highest BCUT2D eigenvalue weighted by molar-refractivity contribution is 6.00. The van der Waals surface area contributed by atoms with Crippen molar-refractivity contribution in [3.63, 3.8) is 0 Å². The molecule has 0 unspecified atom stereocenters. The fraction of sp³-hybridized carbons (Fsp3) is 0.462. The molecule has 0 saturated heterocycles. The van der Waals surface area contributed by atoms with Crippen molar-refractivity contribution in [2.75, 3.05) is 0 Å². The molecule has 0 spiro atoms. The second-order valence-corrected chi connectivity index (χ2v) is 4.70. The van der Waals surface area contributed by atoms with Crippen molar-refractivity contribution in [3.8, 4) is 0 Å². The van der Waals surface area contributed by atoms with Crippen LogP contribution in [0.3, 0.4) is 0 Å². The van der Waals surface area contributed by atoms with Gasteiger partial charge in [0.1, 0.15) is 0 Å². The Balaban J connectivity index is 2.42. The highest BCUT2D eigenvalue weighted by Gasteiger charge is 2.20. The van der Waals surface area contributed by atoms with Gasteiger partial charge in [0.25, 0.3) is 0 Å². The first-order valence-electron chi connectivity index (χ1n) is 5.23. The summed E-state index contributed by atoms with van der Waals surface area (Å²) in [5.41, 5.74) is 2.25. The Hall–Kier alpha value is -1.11. The van der Waals surface area contributed by atoms with Gasteiger partial charge in [0, 0.05) is 17.4 Å². The molecule has 2 aliphatic rings. The molecule has 14 heavy (non-hydrogen) atoms. The van der Waals surface area contributed by atoms with Crippen molar-refractivity contribution in [1.82, 2.24) is 0 Å². The number of allylic oxidation sites excluding steroid dienone is 6. The van der Waals surface area contributed by atoms with E-state index in [-0.39, 0.29) is 5.41 Å². The fourth-order valence-corrected chi connectivity index (χ4v) is 1.93. The Labute approximate surface area is 85.2 Å². The molecule has 0 bridgehead atoms. The van der Waals surface area contributed by atoms with E-state index in [1.54, 1.807) is 0 Å². The maximum absolute atomic E-state index is 11.6. The molecule has 1 heteroatoms. The summed E-state index contributed by atoms with van der Waals surface area (Å²) in [7, 11) is 0. The fourth-order valence-electron chi connectivity index (χ4n) is 1.93. The van der Waals surface area contributed by atoms with Crippen LogP contribution in [0, 0.1) is 5.41 Å². The second-order valence-electron chi connectivity index (χ2n) is 4.70. The van der Waals surface area contributed by atoms with Crippen molar-refractivity contribution in [3.05, 3.63) is 35.5 Å². The molecule has 0 saturated carbocycles. The molecule has 0 aromatic heterocycles. The summed E-state index contributed by atoms with van der Waals surface area (Å²) >= 11 is 0. The Morgan fingerprint density at radius 2 is 1.86 bits per heavy atom. The number of carbonyl (C=O) groups is 1. The molecule has 74 valence electrons. The molecular weight excluding hydrogens is 172 g/mol. The molecule has 0 atom stereocenters. The van der Waals surface area contributed by atoms with Gasteiger partial charge >= 0.3 is 0 Å². The largest absolute Gasteiger partial charge is 0.294 e. The summed E-state index contributed by atoms with van der Waals surface area (Å²) in [6, 6.07) is 0. The molecule has 0 aromatic carbocycles. The van der Waals surface area contributed by atoms with Crippen LogP contribution in [0.5, 0.6) is 0 Å². The van der Waals surface area contributed by atoms with E-state index in [0.29, 0.717) is 5.78 Å². The summed E-state index contributed by atoms with van der Waals surface area (Å²) in [5.74, 6) is 0.310. The molecule has 0 aromatic rings. The van der Waals surface area contributed by atoms with E-state index in [4.69, 9.17) is 0 Å². The van der Waals surface area contributed by atoms with E-state index in [1.165, 1.54) is 5.57 Å². The minimum Gasteiger partial charge on any atom is -0.294 e. The van der Waals surface area contributed by atoms with Crippen LogP contribution in [0.1, 0.15) is 33.1 Å². The number of Topliss-reactive ketones (excluding diaryl/α,β-unsaturated/α-hetero) is 1. The first kappa shape index (κ1) is 9.45. The van der Waals surface area contributed by atoms with Crippen molar-refractivity contribution in [1.29, 1.82) is 0 Å². The van der Waals surface area contributed by atoms with Gasteiger partial charge in [0.2, 0.25) is 0 Å². The lowest BCUT2D eigenvalue weighted by molar-refractivity contribution is -0.115. The van der Waals surface area contributed by atoms with E-state index in [1.807, 2.05) is 6.08 Å². The lowest BCUT2D eigenvalue weighted by atomic mass is 9.91. The number of hydrogen-bond donors (Lipinski definition) is 0.